The number of benzene rings is 3. The van der Waals surface area contributed by atoms with Crippen LogP contribution in [0.15, 0.2) is 59.0 Å². The van der Waals surface area contributed by atoms with Crippen molar-refractivity contribution in [2.75, 3.05) is 0 Å². The summed E-state index contributed by atoms with van der Waals surface area (Å²) in [6.45, 7) is 2.13. The molecule has 0 spiro atoms. The second-order valence-corrected chi connectivity index (χ2v) is 5.72. The maximum Gasteiger partial charge on any atom is 0.227 e. The fraction of sp³-hybridized carbons (Fsp3) is 0.105. The van der Waals surface area contributed by atoms with Crippen LogP contribution in [0, 0.1) is 0 Å². The Morgan fingerprint density at radius 2 is 1.82 bits per heavy atom. The number of rotatable bonds is 2. The zero-order valence-electron chi connectivity index (χ0n) is 12.1. The molecule has 4 aromatic rings. The zero-order chi connectivity index (χ0) is 15.1. The Morgan fingerprint density at radius 1 is 1.00 bits per heavy atom. The van der Waals surface area contributed by atoms with E-state index in [9.17, 15) is 0 Å². The first kappa shape index (κ1) is 13.4. The first-order valence-corrected chi connectivity index (χ1v) is 7.71. The number of aryl methyl sites for hydroxylation is 1. The predicted molar refractivity (Wildman–Crippen MR) is 91.3 cm³/mol. The summed E-state index contributed by atoms with van der Waals surface area (Å²) < 4.78 is 5.95. The van der Waals surface area contributed by atoms with Crippen molar-refractivity contribution in [1.82, 2.24) is 4.98 Å². The molecule has 3 heteroatoms. The van der Waals surface area contributed by atoms with E-state index in [1.807, 2.05) is 42.5 Å². The van der Waals surface area contributed by atoms with Gasteiger partial charge >= 0.3 is 0 Å². The van der Waals surface area contributed by atoms with Crippen molar-refractivity contribution in [3.63, 3.8) is 0 Å². The fourth-order valence-corrected chi connectivity index (χ4v) is 3.00. The second-order valence-electron chi connectivity index (χ2n) is 5.32. The minimum absolute atomic E-state index is 0.635. The summed E-state index contributed by atoms with van der Waals surface area (Å²) in [5, 5.41) is 2.80. The lowest BCUT2D eigenvalue weighted by molar-refractivity contribution is 0.620. The highest BCUT2D eigenvalue weighted by atomic mass is 35.5. The van der Waals surface area contributed by atoms with Crippen LogP contribution in [0.25, 0.3) is 33.3 Å². The van der Waals surface area contributed by atoms with Crippen molar-refractivity contribution in [1.29, 1.82) is 0 Å². The number of hydrogen-bond acceptors (Lipinski definition) is 2. The van der Waals surface area contributed by atoms with Crippen molar-refractivity contribution >= 4 is 33.5 Å². The van der Waals surface area contributed by atoms with E-state index < -0.39 is 0 Å². The third-order valence-electron chi connectivity index (χ3n) is 3.96. The third kappa shape index (κ3) is 2.08. The number of aromatic nitrogens is 1. The van der Waals surface area contributed by atoms with Gasteiger partial charge in [0.2, 0.25) is 5.89 Å². The van der Waals surface area contributed by atoms with E-state index >= 15 is 0 Å². The summed E-state index contributed by atoms with van der Waals surface area (Å²) in [4.78, 5) is 4.66. The molecular weight excluding hydrogens is 294 g/mol. The summed E-state index contributed by atoms with van der Waals surface area (Å²) in [6, 6.07) is 18.1. The second kappa shape index (κ2) is 5.15. The molecule has 0 fully saturated rings. The number of fused-ring (bicyclic) bond motifs is 2. The molecule has 0 saturated heterocycles. The van der Waals surface area contributed by atoms with Gasteiger partial charge in [-0.2, -0.15) is 0 Å². The van der Waals surface area contributed by atoms with Crippen LogP contribution in [0.2, 0.25) is 5.02 Å². The van der Waals surface area contributed by atoms with E-state index in [2.05, 4.69) is 24.0 Å². The Bertz CT molecular complexity index is 987. The summed E-state index contributed by atoms with van der Waals surface area (Å²) in [7, 11) is 0. The summed E-state index contributed by atoms with van der Waals surface area (Å²) in [6.07, 6.45) is 0.988. The highest BCUT2D eigenvalue weighted by molar-refractivity contribution is 6.35. The molecule has 0 unspecified atom stereocenters. The van der Waals surface area contributed by atoms with Gasteiger partial charge in [0, 0.05) is 16.0 Å². The summed E-state index contributed by atoms with van der Waals surface area (Å²) in [5.41, 5.74) is 3.93. The van der Waals surface area contributed by atoms with Crippen molar-refractivity contribution in [3.8, 4) is 11.5 Å². The van der Waals surface area contributed by atoms with Gasteiger partial charge in [-0.05, 0) is 41.6 Å². The number of oxazole rings is 1. The average molecular weight is 308 g/mol. The summed E-state index contributed by atoms with van der Waals surface area (Å²) >= 11 is 6.28. The minimum Gasteiger partial charge on any atom is -0.436 e. The molecule has 4 rings (SSSR count). The van der Waals surface area contributed by atoms with Crippen molar-refractivity contribution in [2.45, 2.75) is 13.3 Å². The van der Waals surface area contributed by atoms with Crippen LogP contribution >= 0.6 is 11.6 Å². The van der Waals surface area contributed by atoms with Crippen LogP contribution in [0.1, 0.15) is 12.5 Å². The SMILES string of the molecule is CCc1ccc2oc(-c3cccc4c(Cl)cccc34)nc2c1. The van der Waals surface area contributed by atoms with Crippen molar-refractivity contribution < 1.29 is 4.42 Å². The summed E-state index contributed by atoms with van der Waals surface area (Å²) in [5.74, 6) is 0.635. The molecule has 1 aromatic heterocycles. The van der Waals surface area contributed by atoms with Crippen LogP contribution < -0.4 is 0 Å². The van der Waals surface area contributed by atoms with E-state index in [1.54, 1.807) is 0 Å². The van der Waals surface area contributed by atoms with Crippen LogP contribution in [0.3, 0.4) is 0 Å². The topological polar surface area (TPSA) is 26.0 Å². The molecule has 22 heavy (non-hydrogen) atoms. The molecule has 108 valence electrons. The van der Waals surface area contributed by atoms with Crippen LogP contribution in [0.4, 0.5) is 0 Å². The third-order valence-corrected chi connectivity index (χ3v) is 4.29. The molecule has 0 radical (unpaired) electrons. The van der Waals surface area contributed by atoms with Crippen LogP contribution in [0.5, 0.6) is 0 Å². The van der Waals surface area contributed by atoms with Gasteiger partial charge in [-0.15, -0.1) is 0 Å². The Hall–Kier alpha value is -2.32. The van der Waals surface area contributed by atoms with Gasteiger partial charge in [0.15, 0.2) is 5.58 Å². The van der Waals surface area contributed by atoms with Crippen LogP contribution in [-0.4, -0.2) is 4.98 Å². The maximum atomic E-state index is 6.28. The molecule has 0 amide bonds. The lowest BCUT2D eigenvalue weighted by Gasteiger charge is -2.04. The largest absolute Gasteiger partial charge is 0.436 e. The quantitative estimate of drug-likeness (QED) is 0.463. The van der Waals surface area contributed by atoms with Gasteiger partial charge in [-0.25, -0.2) is 4.98 Å². The van der Waals surface area contributed by atoms with Crippen molar-refractivity contribution in [2.24, 2.45) is 0 Å². The van der Waals surface area contributed by atoms with E-state index in [-0.39, 0.29) is 0 Å². The molecule has 0 aliphatic heterocycles. The first-order chi connectivity index (χ1) is 10.8. The van der Waals surface area contributed by atoms with E-state index in [4.69, 9.17) is 16.0 Å². The van der Waals surface area contributed by atoms with E-state index in [1.165, 1.54) is 5.56 Å². The lowest BCUT2D eigenvalue weighted by Crippen LogP contribution is -1.82. The highest BCUT2D eigenvalue weighted by Crippen LogP contribution is 2.33. The highest BCUT2D eigenvalue weighted by Gasteiger charge is 2.12. The Balaban J connectivity index is 1.97. The smallest absolute Gasteiger partial charge is 0.227 e. The Morgan fingerprint density at radius 3 is 2.68 bits per heavy atom. The van der Waals surface area contributed by atoms with Crippen LogP contribution in [-0.2, 0) is 6.42 Å². The van der Waals surface area contributed by atoms with Gasteiger partial charge in [-0.1, -0.05) is 48.9 Å². The Kier molecular flexibility index (Phi) is 3.12. The predicted octanol–water partition coefficient (Wildman–Crippen LogP) is 5.86. The molecule has 2 nitrogen and oxygen atoms in total. The maximum absolute atomic E-state index is 6.28. The van der Waals surface area contributed by atoms with E-state index in [0.717, 1.165) is 38.9 Å². The molecule has 0 saturated carbocycles. The van der Waals surface area contributed by atoms with Gasteiger partial charge in [0.05, 0.1) is 0 Å². The molecule has 0 aliphatic carbocycles. The first-order valence-electron chi connectivity index (χ1n) is 7.33. The number of nitrogens with zero attached hydrogens (tertiary/aromatic N) is 1. The lowest BCUT2D eigenvalue weighted by atomic mass is 10.0. The molecule has 0 atom stereocenters. The normalized spacial score (nSPS) is 11.4. The molecule has 3 aromatic carbocycles. The van der Waals surface area contributed by atoms with Gasteiger partial charge in [0.1, 0.15) is 5.52 Å². The average Bonchev–Trinajstić information content (AvgIpc) is 2.97. The standard InChI is InChI=1S/C19H14ClNO/c1-2-12-9-10-18-17(11-12)21-19(22-18)15-7-3-6-14-13(15)5-4-8-16(14)20/h3-11H,2H2,1H3. The van der Waals surface area contributed by atoms with Crippen molar-refractivity contribution in [3.05, 3.63) is 65.2 Å². The van der Waals surface area contributed by atoms with Gasteiger partial charge < -0.3 is 4.42 Å². The zero-order valence-corrected chi connectivity index (χ0v) is 12.9. The van der Waals surface area contributed by atoms with Gasteiger partial charge in [0.25, 0.3) is 0 Å². The Labute approximate surface area is 133 Å². The molecule has 1 heterocycles. The monoisotopic (exact) mass is 307 g/mol. The van der Waals surface area contributed by atoms with Gasteiger partial charge in [-0.3, -0.25) is 0 Å². The number of hydrogen-bond donors (Lipinski definition) is 0. The fourth-order valence-electron chi connectivity index (χ4n) is 2.77. The minimum atomic E-state index is 0.635. The molecular formula is C19H14ClNO. The van der Waals surface area contributed by atoms with E-state index in [0.29, 0.717) is 5.89 Å². The molecule has 0 N–H and O–H groups in total. The number of halogens is 1. The molecule has 0 aliphatic rings. The molecule has 0 bridgehead atoms.